The number of carbonyl (C=O) groups excluding carboxylic acids is 1. The highest BCUT2D eigenvalue weighted by Crippen LogP contribution is 2.17. The number of benzene rings is 1. The summed E-state index contributed by atoms with van der Waals surface area (Å²) in [5.41, 5.74) is 0.485. The highest BCUT2D eigenvalue weighted by Gasteiger charge is 2.01. The van der Waals surface area contributed by atoms with Crippen molar-refractivity contribution in [2.75, 3.05) is 14.2 Å². The largest absolute Gasteiger partial charge is 0.494 e. The Kier molecular flexibility index (Phi) is 3.69. The molecule has 0 aliphatic carbocycles. The lowest BCUT2D eigenvalue weighted by Crippen LogP contribution is -1.94. The molecule has 0 saturated carbocycles. The molecule has 0 atom stereocenters. The van der Waals surface area contributed by atoms with Gasteiger partial charge in [-0.3, -0.25) is 0 Å². The average molecular weight is 208 g/mol. The Hall–Kier alpha value is -2.02. The van der Waals surface area contributed by atoms with Gasteiger partial charge in [0.2, 0.25) is 0 Å². The minimum Gasteiger partial charge on any atom is -0.494 e. The van der Waals surface area contributed by atoms with Gasteiger partial charge in [0.1, 0.15) is 0 Å². The van der Waals surface area contributed by atoms with E-state index in [0.29, 0.717) is 5.56 Å². The fourth-order valence-electron chi connectivity index (χ4n) is 0.912. The van der Waals surface area contributed by atoms with Gasteiger partial charge in [-0.2, -0.15) is 0 Å². The van der Waals surface area contributed by atoms with Crippen molar-refractivity contribution in [3.63, 3.8) is 0 Å². The third-order valence-corrected chi connectivity index (χ3v) is 1.65. The van der Waals surface area contributed by atoms with Crippen LogP contribution >= 0.6 is 0 Å². The van der Waals surface area contributed by atoms with Crippen LogP contribution in [0.2, 0.25) is 0 Å². The van der Waals surface area contributed by atoms with Gasteiger partial charge in [0, 0.05) is 11.5 Å². The van der Waals surface area contributed by atoms with Crippen molar-refractivity contribution < 1.29 is 18.7 Å². The number of esters is 1. The zero-order valence-electron chi connectivity index (χ0n) is 8.33. The Morgan fingerprint density at radius 1 is 1.40 bits per heavy atom. The molecule has 0 heterocycles. The number of carbonyl (C=O) groups is 1. The third-order valence-electron chi connectivity index (χ3n) is 1.65. The van der Waals surface area contributed by atoms with Gasteiger partial charge < -0.3 is 9.47 Å². The first-order valence-electron chi connectivity index (χ1n) is 4.11. The van der Waals surface area contributed by atoms with Crippen molar-refractivity contribution in [1.29, 1.82) is 0 Å². The van der Waals surface area contributed by atoms with Crippen molar-refractivity contribution in [2.45, 2.75) is 0 Å². The van der Waals surface area contributed by atoms with Crippen LogP contribution in [-0.2, 0) is 9.53 Å². The van der Waals surface area contributed by atoms with Crippen molar-refractivity contribution in [1.82, 2.24) is 0 Å². The summed E-state index contributed by atoms with van der Waals surface area (Å²) in [6, 6.07) is 4.08. The number of hydrogen-bond acceptors (Lipinski definition) is 3. The van der Waals surface area contributed by atoms with Crippen LogP contribution in [0.4, 0.5) is 4.39 Å². The summed E-state index contributed by atoms with van der Waals surface area (Å²) in [7, 11) is 2.60. The molecule has 3 nitrogen and oxygen atoms in total. The molecule has 0 fully saturated rings. The number of ether oxygens (including phenoxy) is 2. The van der Waals surface area contributed by atoms with Crippen LogP contribution in [-0.4, -0.2) is 20.2 Å². The lowest BCUT2D eigenvalue weighted by Gasteiger charge is -2.00. The molecule has 0 unspecified atom stereocenters. The second-order valence-corrected chi connectivity index (χ2v) is 2.59. The van der Waals surface area contributed by atoms with Crippen LogP contribution in [0.15, 0.2) is 18.2 Å². The third kappa shape index (κ3) is 2.99. The molecule has 1 aromatic carbocycles. The zero-order chi connectivity index (χ0) is 11.3. The Bertz CT molecular complexity index is 429. The molecular weight excluding hydrogens is 199 g/mol. The summed E-state index contributed by atoms with van der Waals surface area (Å²) >= 11 is 0. The summed E-state index contributed by atoms with van der Waals surface area (Å²) in [6.45, 7) is 0. The molecule has 78 valence electrons. The summed E-state index contributed by atoms with van der Waals surface area (Å²) < 4.78 is 22.1. The molecule has 0 aliphatic rings. The van der Waals surface area contributed by atoms with Crippen molar-refractivity contribution in [3.05, 3.63) is 29.6 Å². The predicted octanol–water partition coefficient (Wildman–Crippen LogP) is 1.36. The van der Waals surface area contributed by atoms with Crippen LogP contribution in [0.25, 0.3) is 0 Å². The van der Waals surface area contributed by atoms with Crippen LogP contribution in [0, 0.1) is 17.7 Å². The van der Waals surface area contributed by atoms with Crippen LogP contribution in [0.3, 0.4) is 0 Å². The second kappa shape index (κ2) is 5.01. The van der Waals surface area contributed by atoms with E-state index in [0.717, 1.165) is 0 Å². The van der Waals surface area contributed by atoms with Gasteiger partial charge >= 0.3 is 5.97 Å². The fraction of sp³-hybridized carbons (Fsp3) is 0.182. The smallest absolute Gasteiger partial charge is 0.384 e. The van der Waals surface area contributed by atoms with E-state index in [4.69, 9.17) is 4.74 Å². The van der Waals surface area contributed by atoms with Gasteiger partial charge in [-0.1, -0.05) is 5.92 Å². The summed E-state index contributed by atoms with van der Waals surface area (Å²) in [5, 5.41) is 0. The highest BCUT2D eigenvalue weighted by atomic mass is 19.1. The van der Waals surface area contributed by atoms with E-state index >= 15 is 0 Å². The Morgan fingerprint density at radius 3 is 2.73 bits per heavy atom. The topological polar surface area (TPSA) is 35.5 Å². The molecule has 1 rings (SSSR count). The first-order chi connectivity index (χ1) is 7.17. The molecule has 0 spiro atoms. The predicted molar refractivity (Wildman–Crippen MR) is 51.8 cm³/mol. The summed E-state index contributed by atoms with van der Waals surface area (Å²) in [4.78, 5) is 10.7. The first kappa shape index (κ1) is 11.1. The van der Waals surface area contributed by atoms with Crippen molar-refractivity contribution >= 4 is 5.97 Å². The lowest BCUT2D eigenvalue weighted by molar-refractivity contribution is -0.133. The highest BCUT2D eigenvalue weighted by molar-refractivity contribution is 5.89. The van der Waals surface area contributed by atoms with Crippen molar-refractivity contribution in [2.24, 2.45) is 0 Å². The van der Waals surface area contributed by atoms with E-state index in [1.54, 1.807) is 0 Å². The second-order valence-electron chi connectivity index (χ2n) is 2.59. The number of hydrogen-bond donors (Lipinski definition) is 0. The number of halogens is 1. The average Bonchev–Trinajstić information content (AvgIpc) is 2.27. The molecule has 0 aromatic heterocycles. The molecule has 0 amide bonds. The lowest BCUT2D eigenvalue weighted by atomic mass is 10.2. The molecule has 0 radical (unpaired) electrons. The van der Waals surface area contributed by atoms with Gasteiger partial charge in [-0.05, 0) is 18.2 Å². The molecule has 0 aliphatic heterocycles. The van der Waals surface area contributed by atoms with Gasteiger partial charge in [0.05, 0.1) is 14.2 Å². The molecule has 15 heavy (non-hydrogen) atoms. The number of rotatable bonds is 1. The number of methoxy groups -OCH3 is 2. The van der Waals surface area contributed by atoms with Gasteiger partial charge in [-0.25, -0.2) is 9.18 Å². The van der Waals surface area contributed by atoms with E-state index in [2.05, 4.69) is 16.6 Å². The maximum atomic E-state index is 13.0. The summed E-state index contributed by atoms with van der Waals surface area (Å²) in [6.07, 6.45) is 0. The minimum atomic E-state index is -0.640. The van der Waals surface area contributed by atoms with E-state index in [-0.39, 0.29) is 5.75 Å². The molecule has 0 N–H and O–H groups in total. The molecule has 0 bridgehead atoms. The van der Waals surface area contributed by atoms with Crippen LogP contribution in [0.5, 0.6) is 5.75 Å². The van der Waals surface area contributed by atoms with E-state index in [9.17, 15) is 9.18 Å². The Morgan fingerprint density at radius 2 is 2.13 bits per heavy atom. The van der Waals surface area contributed by atoms with Gasteiger partial charge in [0.15, 0.2) is 11.6 Å². The van der Waals surface area contributed by atoms with E-state index in [1.165, 1.54) is 32.4 Å². The van der Waals surface area contributed by atoms with Gasteiger partial charge in [-0.15, -0.1) is 0 Å². The maximum Gasteiger partial charge on any atom is 0.384 e. The maximum absolute atomic E-state index is 13.0. The van der Waals surface area contributed by atoms with Crippen molar-refractivity contribution in [3.8, 4) is 17.6 Å². The SMILES string of the molecule is COC(=O)C#Cc1ccc(F)c(OC)c1. The molecule has 1 aromatic rings. The zero-order valence-corrected chi connectivity index (χ0v) is 8.33. The summed E-state index contributed by atoms with van der Waals surface area (Å²) in [5.74, 6) is 3.73. The molecular formula is C11H9FO3. The minimum absolute atomic E-state index is 0.0895. The van der Waals surface area contributed by atoms with E-state index in [1.807, 2.05) is 0 Å². The first-order valence-corrected chi connectivity index (χ1v) is 4.11. The normalized spacial score (nSPS) is 8.73. The van der Waals surface area contributed by atoms with E-state index < -0.39 is 11.8 Å². The molecule has 0 saturated heterocycles. The quantitative estimate of drug-likeness (QED) is 0.516. The fourth-order valence-corrected chi connectivity index (χ4v) is 0.912. The van der Waals surface area contributed by atoms with Gasteiger partial charge in [0.25, 0.3) is 0 Å². The van der Waals surface area contributed by atoms with Crippen LogP contribution in [0.1, 0.15) is 5.56 Å². The Balaban J connectivity index is 2.95. The molecule has 4 heteroatoms. The standard InChI is InChI=1S/C11H9FO3/c1-14-10-7-8(3-5-9(10)12)4-6-11(13)15-2/h3,5,7H,1-2H3. The van der Waals surface area contributed by atoms with Crippen LogP contribution < -0.4 is 4.74 Å². The monoisotopic (exact) mass is 208 g/mol. The Labute approximate surface area is 86.8 Å².